The molecule has 5 aromatic rings. The molecule has 0 radical (unpaired) electrons. The second-order valence-electron chi connectivity index (χ2n) is 7.99. The third-order valence-electron chi connectivity index (χ3n) is 5.50. The molecular formula is C25H27ClN6O3S2. The van der Waals surface area contributed by atoms with Gasteiger partial charge in [-0.1, -0.05) is 23.7 Å². The molecule has 7 N–H and O–H groups in total. The molecule has 0 bridgehead atoms. The number of rotatable bonds is 4. The van der Waals surface area contributed by atoms with Gasteiger partial charge in [0.15, 0.2) is 4.96 Å². The average Bonchev–Trinajstić information content (AvgIpc) is 3.60. The molecule has 37 heavy (non-hydrogen) atoms. The Morgan fingerprint density at radius 1 is 1.11 bits per heavy atom. The molecule has 3 aromatic heterocycles. The molecule has 2 aromatic carbocycles. The molecule has 194 valence electrons. The van der Waals surface area contributed by atoms with E-state index in [4.69, 9.17) is 21.6 Å². The van der Waals surface area contributed by atoms with Gasteiger partial charge in [-0.2, -0.15) is 0 Å². The molecule has 9 nitrogen and oxygen atoms in total. The predicted molar refractivity (Wildman–Crippen MR) is 152 cm³/mol. The number of nitrogens with zero attached hydrogens (tertiary/aromatic N) is 4. The maximum atomic E-state index is 9.89. The summed E-state index contributed by atoms with van der Waals surface area (Å²) in [6, 6.07) is 16.7. The summed E-state index contributed by atoms with van der Waals surface area (Å²) in [7, 11) is 0. The summed E-state index contributed by atoms with van der Waals surface area (Å²) in [5.74, 6) is 0.835. The summed E-state index contributed by atoms with van der Waals surface area (Å²) in [5.41, 5.74) is 3.34. The van der Waals surface area contributed by atoms with Crippen LogP contribution in [0.4, 0.5) is 5.95 Å². The van der Waals surface area contributed by atoms with Crippen molar-refractivity contribution < 1.29 is 16.1 Å². The highest BCUT2D eigenvalue weighted by Gasteiger charge is 2.20. The number of nitrogens with one attached hydrogen (secondary N) is 2. The quantitative estimate of drug-likeness (QED) is 0.245. The smallest absolute Gasteiger partial charge is 0.223 e. The van der Waals surface area contributed by atoms with Gasteiger partial charge in [0.25, 0.3) is 0 Å². The number of halogens is 1. The fourth-order valence-electron chi connectivity index (χ4n) is 3.85. The zero-order valence-corrected chi connectivity index (χ0v) is 22.1. The molecular weight excluding hydrogens is 532 g/mol. The van der Waals surface area contributed by atoms with Gasteiger partial charge >= 0.3 is 0 Å². The number of aromatic hydroxyl groups is 1. The van der Waals surface area contributed by atoms with E-state index in [1.807, 2.05) is 58.4 Å². The molecule has 1 fully saturated rings. The van der Waals surface area contributed by atoms with Crippen LogP contribution in [0.5, 0.6) is 5.75 Å². The van der Waals surface area contributed by atoms with Gasteiger partial charge in [0, 0.05) is 45.8 Å². The number of imidazole rings is 1. The van der Waals surface area contributed by atoms with Crippen LogP contribution in [0, 0.1) is 0 Å². The molecule has 12 heteroatoms. The van der Waals surface area contributed by atoms with E-state index in [2.05, 4.69) is 28.2 Å². The number of thiazole rings is 1. The van der Waals surface area contributed by atoms with E-state index in [9.17, 15) is 5.11 Å². The predicted octanol–water partition coefficient (Wildman–Crippen LogP) is 3.98. The van der Waals surface area contributed by atoms with Gasteiger partial charge in [-0.3, -0.25) is 4.40 Å². The van der Waals surface area contributed by atoms with Crippen molar-refractivity contribution >= 4 is 46.5 Å². The summed E-state index contributed by atoms with van der Waals surface area (Å²) in [6.45, 7) is 1.93. The normalized spacial score (nSPS) is 14.3. The SMILES string of the molecule is O.O.Oc1cccc(-c2nc3sccn3c2-c2ccnc(N[C@@H]3CCNC3)n2)c1.Sc1ccc(Cl)cc1. The van der Waals surface area contributed by atoms with Crippen molar-refractivity contribution in [2.45, 2.75) is 17.4 Å². The van der Waals surface area contributed by atoms with E-state index in [1.54, 1.807) is 29.7 Å². The van der Waals surface area contributed by atoms with Gasteiger partial charge in [0.2, 0.25) is 5.95 Å². The zero-order valence-electron chi connectivity index (χ0n) is 19.6. The third kappa shape index (κ3) is 6.77. The van der Waals surface area contributed by atoms with Crippen molar-refractivity contribution in [2.24, 2.45) is 0 Å². The maximum Gasteiger partial charge on any atom is 0.223 e. The van der Waals surface area contributed by atoms with Gasteiger partial charge in [-0.15, -0.1) is 24.0 Å². The Morgan fingerprint density at radius 3 is 2.62 bits per heavy atom. The molecule has 0 amide bonds. The highest BCUT2D eigenvalue weighted by Crippen LogP contribution is 2.34. The average molecular weight is 559 g/mol. The highest BCUT2D eigenvalue weighted by atomic mass is 35.5. The summed E-state index contributed by atoms with van der Waals surface area (Å²) >= 11 is 11.2. The molecule has 1 atom stereocenters. The van der Waals surface area contributed by atoms with Crippen molar-refractivity contribution in [3.63, 3.8) is 0 Å². The number of hydrogen-bond donors (Lipinski definition) is 4. The van der Waals surface area contributed by atoms with Crippen LogP contribution in [0.1, 0.15) is 6.42 Å². The minimum Gasteiger partial charge on any atom is -0.508 e. The lowest BCUT2D eigenvalue weighted by atomic mass is 10.1. The first kappa shape index (κ1) is 28.4. The molecule has 1 aliphatic rings. The first-order valence-electron chi connectivity index (χ1n) is 11.1. The molecule has 0 unspecified atom stereocenters. The first-order valence-corrected chi connectivity index (χ1v) is 12.8. The summed E-state index contributed by atoms with van der Waals surface area (Å²) in [4.78, 5) is 15.7. The number of phenols is 1. The Bertz CT molecular complexity index is 1420. The lowest BCUT2D eigenvalue weighted by Crippen LogP contribution is -2.23. The number of fused-ring (bicyclic) bond motifs is 1. The largest absolute Gasteiger partial charge is 0.508 e. The molecule has 1 aliphatic heterocycles. The Morgan fingerprint density at radius 2 is 1.92 bits per heavy atom. The van der Waals surface area contributed by atoms with E-state index in [0.29, 0.717) is 12.0 Å². The summed E-state index contributed by atoms with van der Waals surface area (Å²) < 4.78 is 2.04. The van der Waals surface area contributed by atoms with E-state index >= 15 is 0 Å². The summed E-state index contributed by atoms with van der Waals surface area (Å²) in [6.07, 6.45) is 4.82. The molecule has 0 aliphatic carbocycles. The van der Waals surface area contributed by atoms with Gasteiger partial charge in [0.1, 0.15) is 11.4 Å². The minimum absolute atomic E-state index is 0. The van der Waals surface area contributed by atoms with Crippen LogP contribution in [0.15, 0.2) is 77.3 Å². The number of benzene rings is 2. The van der Waals surface area contributed by atoms with E-state index < -0.39 is 0 Å². The number of anilines is 1. The van der Waals surface area contributed by atoms with Crippen molar-refractivity contribution in [1.29, 1.82) is 0 Å². The fraction of sp³-hybridized carbons (Fsp3) is 0.160. The molecule has 1 saturated heterocycles. The van der Waals surface area contributed by atoms with Crippen LogP contribution >= 0.6 is 35.6 Å². The number of aromatic nitrogens is 4. The second kappa shape index (κ2) is 12.9. The van der Waals surface area contributed by atoms with Gasteiger partial charge < -0.3 is 26.7 Å². The van der Waals surface area contributed by atoms with Crippen LogP contribution in [-0.4, -0.2) is 54.5 Å². The number of thiol groups is 1. The van der Waals surface area contributed by atoms with Crippen LogP contribution in [-0.2, 0) is 0 Å². The van der Waals surface area contributed by atoms with Crippen molar-refractivity contribution in [3.05, 3.63) is 77.4 Å². The van der Waals surface area contributed by atoms with Crippen LogP contribution in [0.25, 0.3) is 27.6 Å². The Balaban J connectivity index is 0.000000329. The third-order valence-corrected chi connectivity index (χ3v) is 6.81. The van der Waals surface area contributed by atoms with Crippen LogP contribution in [0.2, 0.25) is 5.02 Å². The highest BCUT2D eigenvalue weighted by molar-refractivity contribution is 7.80. The van der Waals surface area contributed by atoms with Crippen molar-refractivity contribution in [1.82, 2.24) is 24.7 Å². The van der Waals surface area contributed by atoms with E-state index in [1.165, 1.54) is 0 Å². The molecule has 4 heterocycles. The lowest BCUT2D eigenvalue weighted by Gasteiger charge is -2.12. The molecule has 0 saturated carbocycles. The molecule has 0 spiro atoms. The Labute approximate surface area is 228 Å². The number of hydrogen-bond acceptors (Lipinski definition) is 8. The molecule has 6 rings (SSSR count). The topological polar surface area (TPSA) is 150 Å². The Hall–Kier alpha value is -3.19. The maximum absolute atomic E-state index is 9.89. The first-order chi connectivity index (χ1) is 17.1. The minimum atomic E-state index is 0. The van der Waals surface area contributed by atoms with Crippen molar-refractivity contribution in [2.75, 3.05) is 18.4 Å². The van der Waals surface area contributed by atoms with Crippen LogP contribution in [0.3, 0.4) is 0 Å². The second-order valence-corrected chi connectivity index (χ2v) is 9.82. The Kier molecular flexibility index (Phi) is 9.86. The number of phenolic OH excluding ortho intramolecular Hbond substituents is 1. The zero-order chi connectivity index (χ0) is 24.2. The standard InChI is InChI=1S/C19H18N6OS.C6H5ClS.2H2O/c26-14-3-1-2-12(10-14)16-17(25-8-9-27-19(25)24-16)15-5-7-21-18(23-15)22-13-4-6-20-11-13;7-5-1-3-6(8)4-2-5;;/h1-3,5,7-10,13,20,26H,4,6,11H2,(H,21,22,23);1-4,8H;2*1H2/t13-;;;/m1.../s1. The van der Waals surface area contributed by atoms with Gasteiger partial charge in [-0.25, -0.2) is 15.0 Å². The van der Waals surface area contributed by atoms with Crippen LogP contribution < -0.4 is 10.6 Å². The summed E-state index contributed by atoms with van der Waals surface area (Å²) in [5, 5.41) is 19.4. The van der Waals surface area contributed by atoms with E-state index in [0.717, 1.165) is 57.0 Å². The van der Waals surface area contributed by atoms with Gasteiger partial charge in [0.05, 0.1) is 11.4 Å². The van der Waals surface area contributed by atoms with Crippen molar-refractivity contribution in [3.8, 4) is 28.4 Å². The van der Waals surface area contributed by atoms with E-state index in [-0.39, 0.29) is 16.7 Å². The lowest BCUT2D eigenvalue weighted by molar-refractivity contribution is 0.475. The fourth-order valence-corrected chi connectivity index (χ4v) is 4.84. The van der Waals surface area contributed by atoms with Gasteiger partial charge in [-0.05, 0) is 55.4 Å². The monoisotopic (exact) mass is 558 g/mol.